The first-order chi connectivity index (χ1) is 15.8. The molecule has 2 N–H and O–H groups in total. The Morgan fingerprint density at radius 1 is 1.39 bits per heavy atom. The number of benzene rings is 1. The van der Waals surface area contributed by atoms with Gasteiger partial charge >= 0.3 is 0 Å². The van der Waals surface area contributed by atoms with E-state index in [-0.39, 0.29) is 23.2 Å². The summed E-state index contributed by atoms with van der Waals surface area (Å²) in [7, 11) is 5.27. The standard InChI is InChI=1S/C22H26BrFN6O3/c1-29(2)9-4-5-19(31)27-18-7-6-14(11-17(18)24)21(32)30-10-8-15(13-30)26-22-25-12-16(23)20(28-22)33-3/h4-7,11-12,15H,8-10,13H2,1-3H3,(H,27,31)(H,25,26,28)/b5-4+/t15-/m1/s1. The van der Waals surface area contributed by atoms with Gasteiger partial charge < -0.3 is 25.2 Å². The van der Waals surface area contributed by atoms with Crippen molar-refractivity contribution in [3.63, 3.8) is 0 Å². The SMILES string of the molecule is COc1nc(N[C@@H]2CCN(C(=O)c3ccc(NC(=O)/C=C/CN(C)C)c(F)c3)C2)ncc1Br. The van der Waals surface area contributed by atoms with Crippen molar-refractivity contribution >= 4 is 39.4 Å². The average molecular weight is 521 g/mol. The summed E-state index contributed by atoms with van der Waals surface area (Å²) in [6.07, 6.45) is 5.32. The highest BCUT2D eigenvalue weighted by Gasteiger charge is 2.28. The number of nitrogens with zero attached hydrogens (tertiary/aromatic N) is 4. The van der Waals surface area contributed by atoms with E-state index in [4.69, 9.17) is 4.74 Å². The van der Waals surface area contributed by atoms with E-state index in [1.54, 1.807) is 17.2 Å². The fourth-order valence-corrected chi connectivity index (χ4v) is 3.64. The van der Waals surface area contributed by atoms with Crippen LogP contribution in [0.3, 0.4) is 0 Å². The number of methoxy groups -OCH3 is 1. The van der Waals surface area contributed by atoms with Crippen LogP contribution < -0.4 is 15.4 Å². The number of hydrogen-bond donors (Lipinski definition) is 2. The van der Waals surface area contributed by atoms with Gasteiger partial charge in [-0.2, -0.15) is 4.98 Å². The Hall–Kier alpha value is -3.05. The van der Waals surface area contributed by atoms with E-state index in [2.05, 4.69) is 36.5 Å². The zero-order valence-electron chi connectivity index (χ0n) is 18.6. The largest absolute Gasteiger partial charge is 0.480 e. The fourth-order valence-electron chi connectivity index (χ4n) is 3.29. The first-order valence-corrected chi connectivity index (χ1v) is 11.1. The topological polar surface area (TPSA) is 99.7 Å². The predicted octanol–water partition coefficient (Wildman–Crippen LogP) is 2.77. The third-order valence-corrected chi connectivity index (χ3v) is 5.47. The van der Waals surface area contributed by atoms with Crippen LogP contribution in [-0.4, -0.2) is 78.5 Å². The maximum atomic E-state index is 14.5. The van der Waals surface area contributed by atoms with Crippen molar-refractivity contribution in [3.05, 3.63) is 52.4 Å². The molecule has 1 aliphatic rings. The second-order valence-corrected chi connectivity index (χ2v) is 8.63. The third kappa shape index (κ3) is 6.72. The Kier molecular flexibility index (Phi) is 8.34. The first-order valence-electron chi connectivity index (χ1n) is 10.3. The maximum Gasteiger partial charge on any atom is 0.254 e. The van der Waals surface area contributed by atoms with Gasteiger partial charge in [-0.15, -0.1) is 0 Å². The minimum atomic E-state index is -0.667. The molecule has 2 aromatic rings. The predicted molar refractivity (Wildman–Crippen MR) is 127 cm³/mol. The number of likely N-dealkylation sites (tertiary alicyclic amines) is 1. The number of likely N-dealkylation sites (N-methyl/N-ethyl adjacent to an activating group) is 1. The number of aromatic nitrogens is 2. The Morgan fingerprint density at radius 3 is 2.88 bits per heavy atom. The molecule has 1 fully saturated rings. The summed E-state index contributed by atoms with van der Waals surface area (Å²) in [5.41, 5.74) is 0.240. The van der Waals surface area contributed by atoms with E-state index in [1.807, 2.05) is 19.0 Å². The molecule has 2 heterocycles. The molecule has 0 aliphatic carbocycles. The van der Waals surface area contributed by atoms with E-state index in [0.717, 1.165) is 6.07 Å². The lowest BCUT2D eigenvalue weighted by molar-refractivity contribution is -0.111. The van der Waals surface area contributed by atoms with Gasteiger partial charge in [-0.05, 0) is 54.6 Å². The summed E-state index contributed by atoms with van der Waals surface area (Å²) in [5, 5.41) is 5.68. The molecule has 0 bridgehead atoms. The van der Waals surface area contributed by atoms with Crippen molar-refractivity contribution in [2.45, 2.75) is 12.5 Å². The van der Waals surface area contributed by atoms with Gasteiger partial charge in [0, 0.05) is 37.3 Å². The third-order valence-electron chi connectivity index (χ3n) is 4.93. The van der Waals surface area contributed by atoms with Crippen LogP contribution in [0.5, 0.6) is 5.88 Å². The summed E-state index contributed by atoms with van der Waals surface area (Å²) >= 11 is 3.31. The van der Waals surface area contributed by atoms with Gasteiger partial charge in [0.25, 0.3) is 5.91 Å². The molecule has 1 aliphatic heterocycles. The molecule has 3 rings (SSSR count). The van der Waals surface area contributed by atoms with Crippen LogP contribution in [0, 0.1) is 5.82 Å². The summed E-state index contributed by atoms with van der Waals surface area (Å²) < 4.78 is 20.3. The van der Waals surface area contributed by atoms with Gasteiger partial charge in [0.15, 0.2) is 0 Å². The van der Waals surface area contributed by atoms with Gasteiger partial charge in [-0.3, -0.25) is 9.59 Å². The van der Waals surface area contributed by atoms with Crippen LogP contribution in [0.4, 0.5) is 16.0 Å². The van der Waals surface area contributed by atoms with Crippen molar-refractivity contribution < 1.29 is 18.7 Å². The fraction of sp³-hybridized carbons (Fsp3) is 0.364. The van der Waals surface area contributed by atoms with Crippen LogP contribution in [-0.2, 0) is 4.79 Å². The number of rotatable bonds is 8. The smallest absolute Gasteiger partial charge is 0.254 e. The van der Waals surface area contributed by atoms with E-state index >= 15 is 0 Å². The molecule has 9 nitrogen and oxygen atoms in total. The molecule has 0 saturated carbocycles. The molecular formula is C22H26BrFN6O3. The molecule has 0 unspecified atom stereocenters. The number of carbonyl (C=O) groups is 2. The van der Waals surface area contributed by atoms with Gasteiger partial charge in [0.1, 0.15) is 5.82 Å². The van der Waals surface area contributed by atoms with E-state index < -0.39 is 11.7 Å². The molecule has 1 aromatic heterocycles. The van der Waals surface area contributed by atoms with Crippen molar-refractivity contribution in [2.24, 2.45) is 0 Å². The second kappa shape index (κ2) is 11.2. The molecule has 2 amide bonds. The van der Waals surface area contributed by atoms with E-state index in [9.17, 15) is 14.0 Å². The molecule has 33 heavy (non-hydrogen) atoms. The lowest BCUT2D eigenvalue weighted by atomic mass is 10.1. The van der Waals surface area contributed by atoms with Crippen LogP contribution in [0.1, 0.15) is 16.8 Å². The number of ether oxygens (including phenoxy) is 1. The Bertz CT molecular complexity index is 1050. The molecular weight excluding hydrogens is 495 g/mol. The Labute approximate surface area is 200 Å². The monoisotopic (exact) mass is 520 g/mol. The van der Waals surface area contributed by atoms with Gasteiger partial charge in [-0.25, -0.2) is 9.37 Å². The van der Waals surface area contributed by atoms with Crippen molar-refractivity contribution in [3.8, 4) is 5.88 Å². The van der Waals surface area contributed by atoms with E-state index in [1.165, 1.54) is 25.3 Å². The van der Waals surface area contributed by atoms with Crippen LogP contribution in [0.2, 0.25) is 0 Å². The number of carbonyl (C=O) groups excluding carboxylic acids is 2. The molecule has 11 heteroatoms. The number of nitrogens with one attached hydrogen (secondary N) is 2. The number of anilines is 2. The summed E-state index contributed by atoms with van der Waals surface area (Å²) in [6.45, 7) is 1.54. The lowest BCUT2D eigenvalue weighted by Gasteiger charge is -2.18. The zero-order chi connectivity index (χ0) is 24.0. The quantitative estimate of drug-likeness (QED) is 0.516. The first kappa shape index (κ1) is 24.6. The highest BCUT2D eigenvalue weighted by molar-refractivity contribution is 9.10. The Morgan fingerprint density at radius 2 is 2.18 bits per heavy atom. The van der Waals surface area contributed by atoms with Crippen molar-refractivity contribution in [2.75, 3.05) is 51.5 Å². The zero-order valence-corrected chi connectivity index (χ0v) is 20.2. The average Bonchev–Trinajstić information content (AvgIpc) is 3.24. The number of amides is 2. The minimum Gasteiger partial charge on any atom is -0.480 e. The van der Waals surface area contributed by atoms with Crippen molar-refractivity contribution in [1.82, 2.24) is 19.8 Å². The van der Waals surface area contributed by atoms with Crippen LogP contribution in [0.25, 0.3) is 0 Å². The van der Waals surface area contributed by atoms with Crippen molar-refractivity contribution in [1.29, 1.82) is 0 Å². The molecule has 0 spiro atoms. The summed E-state index contributed by atoms with van der Waals surface area (Å²) in [4.78, 5) is 36.8. The molecule has 176 valence electrons. The minimum absolute atomic E-state index is 0.0216. The maximum absolute atomic E-state index is 14.5. The van der Waals surface area contributed by atoms with Crippen LogP contribution >= 0.6 is 15.9 Å². The second-order valence-electron chi connectivity index (χ2n) is 7.78. The van der Waals surface area contributed by atoms with Crippen LogP contribution in [0.15, 0.2) is 41.0 Å². The molecule has 1 saturated heterocycles. The molecule has 1 atom stereocenters. The highest BCUT2D eigenvalue weighted by atomic mass is 79.9. The number of halogens is 2. The summed E-state index contributed by atoms with van der Waals surface area (Å²) in [5.74, 6) is -0.569. The van der Waals surface area contributed by atoms with Gasteiger partial charge in [-0.1, -0.05) is 6.08 Å². The normalized spacial score (nSPS) is 15.8. The lowest BCUT2D eigenvalue weighted by Crippen LogP contribution is -2.32. The Balaban J connectivity index is 1.58. The molecule has 1 aromatic carbocycles. The van der Waals surface area contributed by atoms with Gasteiger partial charge in [0.2, 0.25) is 17.7 Å². The molecule has 0 radical (unpaired) electrons. The van der Waals surface area contributed by atoms with Gasteiger partial charge in [0.05, 0.1) is 23.5 Å². The number of hydrogen-bond acceptors (Lipinski definition) is 7. The summed E-state index contributed by atoms with van der Waals surface area (Å²) in [6, 6.07) is 4.00. The highest BCUT2D eigenvalue weighted by Crippen LogP contribution is 2.24. The van der Waals surface area contributed by atoms with E-state index in [0.29, 0.717) is 42.4 Å².